The van der Waals surface area contributed by atoms with Gasteiger partial charge in [0, 0.05) is 18.4 Å². The Bertz CT molecular complexity index is 323. The standard InChI is InChI=1S/C13H17NO.C2H6/c1-14-8-7-12(10-15)13(9-14)11-5-3-2-4-6-11;1-2/h2-6,10,12-13H,7-9H2,1H3;1-2H3. The molecule has 0 bridgehead atoms. The number of aldehydes is 1. The van der Waals surface area contributed by atoms with Crippen LogP contribution in [0.5, 0.6) is 0 Å². The van der Waals surface area contributed by atoms with Gasteiger partial charge in [0.15, 0.2) is 0 Å². The van der Waals surface area contributed by atoms with Crippen LogP contribution in [0.4, 0.5) is 0 Å². The molecule has 2 unspecified atom stereocenters. The average Bonchev–Trinajstić information content (AvgIpc) is 2.42. The van der Waals surface area contributed by atoms with Gasteiger partial charge in [-0.25, -0.2) is 0 Å². The van der Waals surface area contributed by atoms with E-state index in [1.807, 2.05) is 32.0 Å². The maximum absolute atomic E-state index is 11.0. The second-order valence-electron chi connectivity index (χ2n) is 4.37. The minimum Gasteiger partial charge on any atom is -0.306 e. The Kier molecular flexibility index (Phi) is 5.92. The Labute approximate surface area is 105 Å². The lowest BCUT2D eigenvalue weighted by Crippen LogP contribution is -2.37. The van der Waals surface area contributed by atoms with E-state index in [2.05, 4.69) is 24.1 Å². The summed E-state index contributed by atoms with van der Waals surface area (Å²) in [5, 5.41) is 0. The van der Waals surface area contributed by atoms with E-state index >= 15 is 0 Å². The summed E-state index contributed by atoms with van der Waals surface area (Å²) in [6.07, 6.45) is 2.12. The van der Waals surface area contributed by atoms with E-state index in [9.17, 15) is 4.79 Å². The molecule has 2 nitrogen and oxygen atoms in total. The van der Waals surface area contributed by atoms with Crippen LogP contribution in [0.25, 0.3) is 0 Å². The molecule has 0 radical (unpaired) electrons. The van der Waals surface area contributed by atoms with Gasteiger partial charge in [-0.3, -0.25) is 0 Å². The highest BCUT2D eigenvalue weighted by Gasteiger charge is 2.28. The molecule has 0 N–H and O–H groups in total. The first-order valence-corrected chi connectivity index (χ1v) is 6.50. The Morgan fingerprint density at radius 3 is 2.47 bits per heavy atom. The van der Waals surface area contributed by atoms with Crippen LogP contribution in [0.15, 0.2) is 30.3 Å². The molecule has 1 aromatic carbocycles. The molecule has 2 heteroatoms. The zero-order chi connectivity index (χ0) is 12.7. The molecule has 1 aromatic rings. The molecule has 0 aliphatic carbocycles. The zero-order valence-electron chi connectivity index (χ0n) is 11.1. The van der Waals surface area contributed by atoms with Crippen LogP contribution in [0.3, 0.4) is 0 Å². The third kappa shape index (κ3) is 3.67. The molecule has 1 saturated heterocycles. The van der Waals surface area contributed by atoms with Crippen molar-refractivity contribution in [2.45, 2.75) is 26.2 Å². The fraction of sp³-hybridized carbons (Fsp3) is 0.533. The van der Waals surface area contributed by atoms with Crippen LogP contribution in [-0.4, -0.2) is 31.3 Å². The fourth-order valence-electron chi connectivity index (χ4n) is 2.35. The second-order valence-corrected chi connectivity index (χ2v) is 4.37. The van der Waals surface area contributed by atoms with E-state index in [0.717, 1.165) is 25.8 Å². The van der Waals surface area contributed by atoms with Gasteiger partial charge in [-0.15, -0.1) is 0 Å². The number of likely N-dealkylation sites (N-methyl/N-ethyl adjacent to an activating group) is 1. The highest BCUT2D eigenvalue weighted by molar-refractivity contribution is 5.56. The Balaban J connectivity index is 0.000000686. The normalized spacial score (nSPS) is 24.6. The average molecular weight is 233 g/mol. The predicted octanol–water partition coefficient (Wildman–Crippen LogP) is 2.95. The van der Waals surface area contributed by atoms with Crippen molar-refractivity contribution in [1.82, 2.24) is 4.90 Å². The lowest BCUT2D eigenvalue weighted by atomic mass is 9.82. The molecule has 0 saturated carbocycles. The summed E-state index contributed by atoms with van der Waals surface area (Å²) in [5.74, 6) is 0.575. The van der Waals surface area contributed by atoms with Crippen molar-refractivity contribution in [3.8, 4) is 0 Å². The first-order valence-electron chi connectivity index (χ1n) is 6.50. The summed E-state index contributed by atoms with van der Waals surface area (Å²) in [6, 6.07) is 10.4. The van der Waals surface area contributed by atoms with Crippen molar-refractivity contribution in [3.05, 3.63) is 35.9 Å². The van der Waals surface area contributed by atoms with Gasteiger partial charge < -0.3 is 9.69 Å². The van der Waals surface area contributed by atoms with Crippen LogP contribution in [0, 0.1) is 5.92 Å². The third-order valence-corrected chi connectivity index (χ3v) is 3.27. The summed E-state index contributed by atoms with van der Waals surface area (Å²) in [7, 11) is 2.12. The molecule has 1 aliphatic heterocycles. The minimum absolute atomic E-state index is 0.198. The second kappa shape index (κ2) is 7.23. The van der Waals surface area contributed by atoms with Gasteiger partial charge in [0.1, 0.15) is 6.29 Å². The maximum Gasteiger partial charge on any atom is 0.123 e. The third-order valence-electron chi connectivity index (χ3n) is 3.27. The summed E-state index contributed by atoms with van der Waals surface area (Å²) >= 11 is 0. The number of benzene rings is 1. The van der Waals surface area contributed by atoms with Crippen LogP contribution >= 0.6 is 0 Å². The smallest absolute Gasteiger partial charge is 0.123 e. The number of rotatable bonds is 2. The number of piperidine rings is 1. The van der Waals surface area contributed by atoms with E-state index in [-0.39, 0.29) is 5.92 Å². The van der Waals surface area contributed by atoms with E-state index in [1.54, 1.807) is 0 Å². The molecule has 2 rings (SSSR count). The molecule has 1 heterocycles. The summed E-state index contributed by atoms with van der Waals surface area (Å²) in [6.45, 7) is 6.03. The van der Waals surface area contributed by atoms with Gasteiger partial charge >= 0.3 is 0 Å². The monoisotopic (exact) mass is 233 g/mol. The molecule has 0 amide bonds. The van der Waals surface area contributed by atoms with Gasteiger partial charge in [0.25, 0.3) is 0 Å². The molecule has 1 aliphatic rings. The topological polar surface area (TPSA) is 20.3 Å². The maximum atomic E-state index is 11.0. The summed E-state index contributed by atoms with van der Waals surface area (Å²) < 4.78 is 0. The molecular weight excluding hydrogens is 210 g/mol. The first-order chi connectivity index (χ1) is 8.31. The Hall–Kier alpha value is -1.15. The molecule has 2 atom stereocenters. The lowest BCUT2D eigenvalue weighted by molar-refractivity contribution is -0.112. The van der Waals surface area contributed by atoms with Gasteiger partial charge in [-0.1, -0.05) is 44.2 Å². The van der Waals surface area contributed by atoms with Crippen molar-refractivity contribution in [2.24, 2.45) is 5.92 Å². The molecule has 17 heavy (non-hydrogen) atoms. The minimum atomic E-state index is 0.198. The number of hydrogen-bond acceptors (Lipinski definition) is 2. The van der Waals surface area contributed by atoms with Crippen LogP contribution in [0.2, 0.25) is 0 Å². The summed E-state index contributed by atoms with van der Waals surface area (Å²) in [5.41, 5.74) is 1.29. The highest BCUT2D eigenvalue weighted by Crippen LogP contribution is 2.30. The SMILES string of the molecule is CC.CN1CCC(C=O)C(c2ccccc2)C1. The van der Waals surface area contributed by atoms with Crippen LogP contribution in [-0.2, 0) is 4.79 Å². The number of likely N-dealkylation sites (tertiary alicyclic amines) is 1. The predicted molar refractivity (Wildman–Crippen MR) is 72.2 cm³/mol. The summed E-state index contributed by atoms with van der Waals surface area (Å²) in [4.78, 5) is 13.3. The van der Waals surface area contributed by atoms with E-state index in [1.165, 1.54) is 5.56 Å². The Morgan fingerprint density at radius 1 is 1.24 bits per heavy atom. The van der Waals surface area contributed by atoms with Gasteiger partial charge in [0.2, 0.25) is 0 Å². The van der Waals surface area contributed by atoms with E-state index in [0.29, 0.717) is 5.92 Å². The van der Waals surface area contributed by atoms with Crippen LogP contribution < -0.4 is 0 Å². The zero-order valence-corrected chi connectivity index (χ0v) is 11.1. The number of carbonyl (C=O) groups is 1. The van der Waals surface area contributed by atoms with E-state index in [4.69, 9.17) is 0 Å². The van der Waals surface area contributed by atoms with Gasteiger partial charge in [-0.2, -0.15) is 0 Å². The van der Waals surface area contributed by atoms with Crippen LogP contribution in [0.1, 0.15) is 31.7 Å². The first kappa shape index (κ1) is 13.9. The number of carbonyl (C=O) groups excluding carboxylic acids is 1. The van der Waals surface area contributed by atoms with Crippen molar-refractivity contribution < 1.29 is 4.79 Å². The quantitative estimate of drug-likeness (QED) is 0.732. The largest absolute Gasteiger partial charge is 0.306 e. The molecule has 0 spiro atoms. The van der Waals surface area contributed by atoms with Gasteiger partial charge in [0.05, 0.1) is 0 Å². The highest BCUT2D eigenvalue weighted by atomic mass is 16.1. The number of hydrogen-bond donors (Lipinski definition) is 0. The molecular formula is C15H23NO. The molecule has 94 valence electrons. The van der Waals surface area contributed by atoms with Crippen molar-refractivity contribution in [2.75, 3.05) is 20.1 Å². The van der Waals surface area contributed by atoms with Crippen molar-refractivity contribution in [3.63, 3.8) is 0 Å². The number of nitrogens with zero attached hydrogens (tertiary/aromatic N) is 1. The van der Waals surface area contributed by atoms with Crippen molar-refractivity contribution in [1.29, 1.82) is 0 Å². The van der Waals surface area contributed by atoms with Gasteiger partial charge in [-0.05, 0) is 25.6 Å². The fourth-order valence-corrected chi connectivity index (χ4v) is 2.35. The molecule has 1 fully saturated rings. The van der Waals surface area contributed by atoms with E-state index < -0.39 is 0 Å². The van der Waals surface area contributed by atoms with Crippen molar-refractivity contribution >= 4 is 6.29 Å². The molecule has 0 aromatic heterocycles. The lowest BCUT2D eigenvalue weighted by Gasteiger charge is -2.34. The Morgan fingerprint density at radius 2 is 1.88 bits per heavy atom.